The molecule has 0 aromatic carbocycles. The molecule has 0 amide bonds. The van der Waals surface area contributed by atoms with Crippen LogP contribution in [0.2, 0.25) is 0 Å². The Labute approximate surface area is 77.4 Å². The topological polar surface area (TPSA) is 12.9 Å². The number of hydrogen-bond donors (Lipinski definition) is 0. The van der Waals surface area contributed by atoms with E-state index in [0.717, 1.165) is 9.67 Å². The SMILES string of the molecule is CCSCc1cnc(Br)s1. The standard InChI is InChI=1S/C6H8BrNS2/c1-2-9-4-5-3-8-6(7)10-5/h3H,2,4H2,1H3. The Kier molecular flexibility index (Phi) is 3.73. The average Bonchev–Trinajstić information content (AvgIpc) is 2.31. The van der Waals surface area contributed by atoms with Gasteiger partial charge in [-0.1, -0.05) is 6.92 Å². The van der Waals surface area contributed by atoms with Gasteiger partial charge in [-0.3, -0.25) is 0 Å². The summed E-state index contributed by atoms with van der Waals surface area (Å²) in [6, 6.07) is 0. The van der Waals surface area contributed by atoms with Gasteiger partial charge in [-0.25, -0.2) is 4.98 Å². The maximum absolute atomic E-state index is 4.09. The van der Waals surface area contributed by atoms with E-state index in [4.69, 9.17) is 0 Å². The Bertz CT molecular complexity index is 199. The van der Waals surface area contributed by atoms with Gasteiger partial charge >= 0.3 is 0 Å². The van der Waals surface area contributed by atoms with Gasteiger partial charge in [-0.15, -0.1) is 11.3 Å². The van der Waals surface area contributed by atoms with Gasteiger partial charge in [-0.2, -0.15) is 11.8 Å². The van der Waals surface area contributed by atoms with Crippen molar-refractivity contribution in [3.63, 3.8) is 0 Å². The summed E-state index contributed by atoms with van der Waals surface area (Å²) in [7, 11) is 0. The van der Waals surface area contributed by atoms with Gasteiger partial charge in [0.05, 0.1) is 0 Å². The van der Waals surface area contributed by atoms with Gasteiger partial charge in [0.15, 0.2) is 3.92 Å². The third kappa shape index (κ3) is 2.60. The lowest BCUT2D eigenvalue weighted by Crippen LogP contribution is -1.72. The highest BCUT2D eigenvalue weighted by Gasteiger charge is 1.96. The van der Waals surface area contributed by atoms with Crippen LogP contribution < -0.4 is 0 Å². The van der Waals surface area contributed by atoms with Crippen LogP contribution in [0, 0.1) is 0 Å². The zero-order chi connectivity index (χ0) is 7.40. The van der Waals surface area contributed by atoms with Crippen molar-refractivity contribution in [3.05, 3.63) is 15.0 Å². The molecule has 0 radical (unpaired) electrons. The fraction of sp³-hybridized carbons (Fsp3) is 0.500. The van der Waals surface area contributed by atoms with Crippen LogP contribution in [-0.2, 0) is 5.75 Å². The zero-order valence-corrected chi connectivity index (χ0v) is 8.85. The Balaban J connectivity index is 2.42. The molecule has 0 bridgehead atoms. The number of thiazole rings is 1. The number of thioether (sulfide) groups is 1. The minimum atomic E-state index is 0.985. The molecule has 56 valence electrons. The number of halogens is 1. The van der Waals surface area contributed by atoms with Gasteiger partial charge in [0, 0.05) is 16.8 Å². The fourth-order valence-corrected chi connectivity index (χ4v) is 2.67. The third-order valence-electron chi connectivity index (χ3n) is 0.974. The number of hydrogen-bond acceptors (Lipinski definition) is 3. The molecule has 0 saturated heterocycles. The molecule has 0 N–H and O–H groups in total. The Morgan fingerprint density at radius 1 is 1.80 bits per heavy atom. The van der Waals surface area contributed by atoms with Gasteiger partial charge in [0.25, 0.3) is 0 Å². The van der Waals surface area contributed by atoms with Crippen LogP contribution in [0.3, 0.4) is 0 Å². The van der Waals surface area contributed by atoms with Gasteiger partial charge < -0.3 is 0 Å². The summed E-state index contributed by atoms with van der Waals surface area (Å²) in [5, 5.41) is 0. The Hall–Kier alpha value is 0.460. The van der Waals surface area contributed by atoms with E-state index in [1.165, 1.54) is 10.6 Å². The van der Waals surface area contributed by atoms with Crippen LogP contribution in [0.4, 0.5) is 0 Å². The Morgan fingerprint density at radius 2 is 2.60 bits per heavy atom. The van der Waals surface area contributed by atoms with Crippen molar-refractivity contribution in [2.45, 2.75) is 12.7 Å². The second kappa shape index (κ2) is 4.36. The maximum atomic E-state index is 4.09. The minimum Gasteiger partial charge on any atom is -0.237 e. The first-order chi connectivity index (χ1) is 4.83. The summed E-state index contributed by atoms with van der Waals surface area (Å²) in [6.07, 6.45) is 1.93. The van der Waals surface area contributed by atoms with E-state index in [9.17, 15) is 0 Å². The monoisotopic (exact) mass is 237 g/mol. The molecule has 0 spiro atoms. The van der Waals surface area contributed by atoms with Crippen LogP contribution in [0.5, 0.6) is 0 Å². The normalized spacial score (nSPS) is 10.2. The van der Waals surface area contributed by atoms with Crippen LogP contribution >= 0.6 is 39.0 Å². The molecule has 0 aliphatic carbocycles. The van der Waals surface area contributed by atoms with Crippen molar-refractivity contribution in [2.75, 3.05) is 5.75 Å². The highest BCUT2D eigenvalue weighted by Crippen LogP contribution is 2.22. The summed E-state index contributed by atoms with van der Waals surface area (Å²) in [4.78, 5) is 5.44. The molecule has 1 aromatic heterocycles. The molecule has 1 aromatic rings. The van der Waals surface area contributed by atoms with Crippen molar-refractivity contribution >= 4 is 39.0 Å². The van der Waals surface area contributed by atoms with Gasteiger partial charge in [-0.05, 0) is 21.7 Å². The maximum Gasteiger partial charge on any atom is 0.159 e. The lowest BCUT2D eigenvalue weighted by atomic mass is 10.6. The molecule has 10 heavy (non-hydrogen) atoms. The predicted molar refractivity (Wildman–Crippen MR) is 51.7 cm³/mol. The molecule has 0 aliphatic heterocycles. The molecule has 1 nitrogen and oxygen atoms in total. The molecular weight excluding hydrogens is 230 g/mol. The first-order valence-corrected chi connectivity index (χ1v) is 5.77. The second-order valence-electron chi connectivity index (χ2n) is 1.72. The number of nitrogens with zero attached hydrogens (tertiary/aromatic N) is 1. The van der Waals surface area contributed by atoms with Crippen LogP contribution in [0.25, 0.3) is 0 Å². The van der Waals surface area contributed by atoms with Crippen LogP contribution in [0.15, 0.2) is 10.1 Å². The van der Waals surface area contributed by atoms with Crippen molar-refractivity contribution in [1.82, 2.24) is 4.98 Å². The summed E-state index contributed by atoms with van der Waals surface area (Å²) in [6.45, 7) is 2.17. The molecule has 4 heteroatoms. The van der Waals surface area contributed by atoms with Gasteiger partial charge in [0.2, 0.25) is 0 Å². The smallest absolute Gasteiger partial charge is 0.159 e. The lowest BCUT2D eigenvalue weighted by Gasteiger charge is -1.90. The quantitative estimate of drug-likeness (QED) is 0.802. The number of rotatable bonds is 3. The fourth-order valence-electron chi connectivity index (χ4n) is 0.553. The summed E-state index contributed by atoms with van der Waals surface area (Å²) in [5.41, 5.74) is 0. The van der Waals surface area contributed by atoms with Crippen molar-refractivity contribution in [1.29, 1.82) is 0 Å². The first kappa shape index (κ1) is 8.56. The highest BCUT2D eigenvalue weighted by molar-refractivity contribution is 9.11. The summed E-state index contributed by atoms with van der Waals surface area (Å²) in [5.74, 6) is 2.27. The van der Waals surface area contributed by atoms with E-state index in [1.807, 2.05) is 18.0 Å². The van der Waals surface area contributed by atoms with Crippen molar-refractivity contribution in [2.24, 2.45) is 0 Å². The second-order valence-corrected chi connectivity index (χ2v) is 5.38. The molecule has 0 unspecified atom stereocenters. The molecule has 0 saturated carbocycles. The Morgan fingerprint density at radius 3 is 3.10 bits per heavy atom. The third-order valence-corrected chi connectivity index (χ3v) is 3.56. The first-order valence-electron chi connectivity index (χ1n) is 3.01. The highest BCUT2D eigenvalue weighted by atomic mass is 79.9. The van der Waals surface area contributed by atoms with E-state index >= 15 is 0 Å². The van der Waals surface area contributed by atoms with Crippen LogP contribution in [0.1, 0.15) is 11.8 Å². The molecule has 0 atom stereocenters. The summed E-state index contributed by atoms with van der Waals surface area (Å²) >= 11 is 6.96. The van der Waals surface area contributed by atoms with Gasteiger partial charge in [0.1, 0.15) is 0 Å². The molecule has 0 fully saturated rings. The lowest BCUT2D eigenvalue weighted by molar-refractivity contribution is 1.34. The largest absolute Gasteiger partial charge is 0.237 e. The van der Waals surface area contributed by atoms with E-state index in [0.29, 0.717) is 0 Å². The summed E-state index contributed by atoms with van der Waals surface area (Å²) < 4.78 is 0.985. The van der Waals surface area contributed by atoms with Crippen molar-refractivity contribution in [3.8, 4) is 0 Å². The van der Waals surface area contributed by atoms with E-state index in [-0.39, 0.29) is 0 Å². The number of aromatic nitrogens is 1. The molecule has 1 heterocycles. The predicted octanol–water partition coefficient (Wildman–Crippen LogP) is 3.16. The molecule has 0 aliphatic rings. The zero-order valence-electron chi connectivity index (χ0n) is 5.63. The van der Waals surface area contributed by atoms with Crippen LogP contribution in [-0.4, -0.2) is 10.7 Å². The van der Waals surface area contributed by atoms with E-state index < -0.39 is 0 Å². The van der Waals surface area contributed by atoms with E-state index in [2.05, 4.69) is 27.8 Å². The molecular formula is C6H8BrNS2. The minimum absolute atomic E-state index is 0.985. The van der Waals surface area contributed by atoms with E-state index in [1.54, 1.807) is 11.3 Å². The van der Waals surface area contributed by atoms with Crippen molar-refractivity contribution < 1.29 is 0 Å². The average molecular weight is 238 g/mol. The molecule has 1 rings (SSSR count).